The van der Waals surface area contributed by atoms with E-state index in [-0.39, 0.29) is 12.3 Å². The number of hydrogen-bond acceptors (Lipinski definition) is 6. The largest absolute Gasteiger partial charge is 0.460 e. The van der Waals surface area contributed by atoms with Gasteiger partial charge in [0, 0.05) is 19.3 Å². The summed E-state index contributed by atoms with van der Waals surface area (Å²) in [5.74, 6) is -0.709. The number of esters is 1. The summed E-state index contributed by atoms with van der Waals surface area (Å²) in [5, 5.41) is 17.6. The van der Waals surface area contributed by atoms with E-state index >= 15 is 0 Å². The minimum atomic E-state index is -0.709. The Morgan fingerprint density at radius 3 is 2.55 bits per heavy atom. The van der Waals surface area contributed by atoms with E-state index in [1.807, 2.05) is 31.0 Å². The van der Waals surface area contributed by atoms with Crippen molar-refractivity contribution in [2.45, 2.75) is 19.8 Å². The fourth-order valence-electron chi connectivity index (χ4n) is 1.64. The molecule has 0 aliphatic heterocycles. The van der Waals surface area contributed by atoms with Gasteiger partial charge in [0.1, 0.15) is 6.07 Å². The summed E-state index contributed by atoms with van der Waals surface area (Å²) in [7, 11) is 1.89. The lowest BCUT2D eigenvalue weighted by Gasteiger charge is -2.17. The Kier molecular flexibility index (Phi) is 7.15. The fourth-order valence-corrected chi connectivity index (χ4v) is 1.64. The molecule has 1 aromatic carbocycles. The highest BCUT2D eigenvalue weighted by atomic mass is 16.5. The van der Waals surface area contributed by atoms with Crippen LogP contribution < -0.4 is 4.90 Å². The second-order valence-corrected chi connectivity index (χ2v) is 4.55. The van der Waals surface area contributed by atoms with Gasteiger partial charge in [-0.3, -0.25) is 0 Å². The number of carbonyl (C=O) groups is 1. The molecule has 0 radical (unpaired) electrons. The average molecular weight is 298 g/mol. The van der Waals surface area contributed by atoms with Crippen LogP contribution in [0.1, 0.15) is 19.8 Å². The van der Waals surface area contributed by atoms with Crippen molar-refractivity contribution in [3.63, 3.8) is 0 Å². The Morgan fingerprint density at radius 1 is 1.32 bits per heavy atom. The number of benzene rings is 1. The van der Waals surface area contributed by atoms with Crippen LogP contribution >= 0.6 is 0 Å². The van der Waals surface area contributed by atoms with Crippen LogP contribution in [-0.4, -0.2) is 31.9 Å². The van der Waals surface area contributed by atoms with Crippen molar-refractivity contribution in [3.05, 3.63) is 24.3 Å². The number of rotatable bonds is 7. The van der Waals surface area contributed by atoms with E-state index in [1.54, 1.807) is 18.2 Å². The van der Waals surface area contributed by atoms with Crippen molar-refractivity contribution in [2.24, 2.45) is 4.99 Å². The minimum absolute atomic E-state index is 0.265. The van der Waals surface area contributed by atoms with Crippen LogP contribution in [0.2, 0.25) is 0 Å². The second kappa shape index (κ2) is 9.15. The first kappa shape index (κ1) is 17.2. The van der Waals surface area contributed by atoms with Crippen molar-refractivity contribution in [1.82, 2.24) is 0 Å². The van der Waals surface area contributed by atoms with Crippen molar-refractivity contribution < 1.29 is 9.53 Å². The minimum Gasteiger partial charge on any atom is -0.460 e. The maximum Gasteiger partial charge on any atom is 0.367 e. The molecule has 0 fully saturated rings. The molecule has 0 aliphatic rings. The van der Waals surface area contributed by atoms with Crippen LogP contribution in [0.15, 0.2) is 29.3 Å². The van der Waals surface area contributed by atoms with Gasteiger partial charge in [0.15, 0.2) is 0 Å². The van der Waals surface area contributed by atoms with E-state index < -0.39 is 5.97 Å². The second-order valence-electron chi connectivity index (χ2n) is 4.55. The molecule has 0 saturated carbocycles. The average Bonchev–Trinajstić information content (AvgIpc) is 2.55. The number of ether oxygens (including phenoxy) is 1. The van der Waals surface area contributed by atoms with E-state index in [4.69, 9.17) is 15.3 Å². The molecular formula is C16H18N4O2. The first-order valence-electron chi connectivity index (χ1n) is 6.96. The quantitative estimate of drug-likeness (QED) is 0.570. The third-order valence-electron chi connectivity index (χ3n) is 2.83. The Morgan fingerprint density at radius 2 is 2.00 bits per heavy atom. The van der Waals surface area contributed by atoms with E-state index in [0.29, 0.717) is 25.1 Å². The van der Waals surface area contributed by atoms with Crippen molar-refractivity contribution in [2.75, 3.05) is 25.1 Å². The molecule has 0 bridgehead atoms. The van der Waals surface area contributed by atoms with Crippen molar-refractivity contribution in [1.29, 1.82) is 10.5 Å². The van der Waals surface area contributed by atoms with Gasteiger partial charge in [-0.2, -0.15) is 10.5 Å². The lowest BCUT2D eigenvalue weighted by Crippen LogP contribution is -2.17. The predicted octanol–water partition coefficient (Wildman–Crippen LogP) is 2.59. The van der Waals surface area contributed by atoms with E-state index in [9.17, 15) is 4.79 Å². The number of anilines is 1. The molecule has 1 rings (SSSR count). The molecule has 0 aromatic heterocycles. The molecule has 6 heteroatoms. The van der Waals surface area contributed by atoms with Gasteiger partial charge in [-0.05, 0) is 30.7 Å². The highest BCUT2D eigenvalue weighted by Crippen LogP contribution is 2.19. The summed E-state index contributed by atoms with van der Waals surface area (Å²) < 4.78 is 4.89. The normalized spacial score (nSPS) is 10.5. The Labute approximate surface area is 130 Å². The molecule has 6 nitrogen and oxygen atoms in total. The van der Waals surface area contributed by atoms with Crippen molar-refractivity contribution in [3.8, 4) is 12.1 Å². The zero-order valence-corrected chi connectivity index (χ0v) is 12.7. The van der Waals surface area contributed by atoms with Crippen LogP contribution in [0, 0.1) is 22.7 Å². The zero-order chi connectivity index (χ0) is 16.4. The van der Waals surface area contributed by atoms with Crippen LogP contribution in [-0.2, 0) is 9.53 Å². The zero-order valence-electron chi connectivity index (χ0n) is 12.7. The molecule has 0 aliphatic carbocycles. The fraction of sp³-hybridized carbons (Fsp3) is 0.375. The lowest BCUT2D eigenvalue weighted by molar-refractivity contribution is -0.135. The maximum atomic E-state index is 11.6. The third kappa shape index (κ3) is 5.26. The number of nitriles is 2. The Bertz CT molecular complexity index is 609. The summed E-state index contributed by atoms with van der Waals surface area (Å²) >= 11 is 0. The molecule has 0 saturated heterocycles. The van der Waals surface area contributed by atoms with Gasteiger partial charge >= 0.3 is 5.97 Å². The van der Waals surface area contributed by atoms with Crippen molar-refractivity contribution >= 4 is 23.1 Å². The molecule has 0 atom stereocenters. The first-order chi connectivity index (χ1) is 10.6. The van der Waals surface area contributed by atoms with Gasteiger partial charge < -0.3 is 9.64 Å². The lowest BCUT2D eigenvalue weighted by atomic mass is 10.2. The molecule has 0 heterocycles. The molecule has 0 spiro atoms. The van der Waals surface area contributed by atoms with Gasteiger partial charge in [0.2, 0.25) is 5.71 Å². The number of aliphatic imine (C=N–C) groups is 1. The van der Waals surface area contributed by atoms with E-state index in [1.165, 1.54) is 0 Å². The van der Waals surface area contributed by atoms with Crippen LogP contribution in [0.25, 0.3) is 0 Å². The molecule has 22 heavy (non-hydrogen) atoms. The number of carbonyl (C=O) groups excluding carboxylic acids is 1. The molecule has 1 aromatic rings. The number of hydrogen-bond donors (Lipinski definition) is 0. The SMILES string of the molecule is CCCOC(=O)/C(C#N)=N\c1ccc(N(C)CCC#N)cc1. The van der Waals surface area contributed by atoms with Gasteiger partial charge in [0.05, 0.1) is 24.8 Å². The topological polar surface area (TPSA) is 89.5 Å². The van der Waals surface area contributed by atoms with Crippen LogP contribution in [0.3, 0.4) is 0 Å². The smallest absolute Gasteiger partial charge is 0.367 e. The number of nitrogens with zero attached hydrogens (tertiary/aromatic N) is 4. The van der Waals surface area contributed by atoms with Crippen LogP contribution in [0.4, 0.5) is 11.4 Å². The first-order valence-corrected chi connectivity index (χ1v) is 6.96. The summed E-state index contributed by atoms with van der Waals surface area (Å²) in [6.45, 7) is 2.77. The summed E-state index contributed by atoms with van der Waals surface area (Å²) in [4.78, 5) is 17.6. The summed E-state index contributed by atoms with van der Waals surface area (Å²) in [5.41, 5.74) is 1.17. The van der Waals surface area contributed by atoms with E-state index in [2.05, 4.69) is 11.1 Å². The highest BCUT2D eigenvalue weighted by molar-refractivity contribution is 6.43. The van der Waals surface area contributed by atoms with Gasteiger partial charge in [0.25, 0.3) is 0 Å². The van der Waals surface area contributed by atoms with Crippen LogP contribution in [0.5, 0.6) is 0 Å². The predicted molar refractivity (Wildman–Crippen MR) is 83.9 cm³/mol. The maximum absolute atomic E-state index is 11.6. The Balaban J connectivity index is 2.81. The summed E-state index contributed by atoms with van der Waals surface area (Å²) in [6, 6.07) is 10.9. The van der Waals surface area contributed by atoms with Gasteiger partial charge in [-0.15, -0.1) is 0 Å². The standard InChI is InChI=1S/C16H18N4O2/c1-3-11-22-16(21)15(12-18)19-13-5-7-14(8-6-13)20(2)10-4-9-17/h5-8H,3-4,10-11H2,1-2H3/b19-15-. The van der Waals surface area contributed by atoms with Gasteiger partial charge in [-0.1, -0.05) is 6.92 Å². The Hall–Kier alpha value is -2.86. The molecule has 0 amide bonds. The molecule has 114 valence electrons. The molecular weight excluding hydrogens is 280 g/mol. The molecule has 0 N–H and O–H groups in total. The van der Waals surface area contributed by atoms with Gasteiger partial charge in [-0.25, -0.2) is 9.79 Å². The third-order valence-corrected chi connectivity index (χ3v) is 2.83. The highest BCUT2D eigenvalue weighted by Gasteiger charge is 2.12. The monoisotopic (exact) mass is 298 g/mol. The summed E-state index contributed by atoms with van der Waals surface area (Å²) in [6.07, 6.45) is 1.13. The van der Waals surface area contributed by atoms with E-state index in [0.717, 1.165) is 5.69 Å². The molecule has 0 unspecified atom stereocenters.